The van der Waals surface area contributed by atoms with Crippen molar-refractivity contribution in [3.05, 3.63) is 53.8 Å². The predicted octanol–water partition coefficient (Wildman–Crippen LogP) is 5.29. The van der Waals surface area contributed by atoms with E-state index in [1.54, 1.807) is 11.8 Å². The molecule has 0 unspecified atom stereocenters. The van der Waals surface area contributed by atoms with Crippen LogP contribution in [0.2, 0.25) is 0 Å². The maximum absolute atomic E-state index is 14.3. The minimum absolute atomic E-state index is 0.0886. The van der Waals surface area contributed by atoms with E-state index in [1.807, 2.05) is 35.2 Å². The van der Waals surface area contributed by atoms with Crippen LogP contribution < -0.4 is 0 Å². The van der Waals surface area contributed by atoms with Crippen molar-refractivity contribution in [3.8, 4) is 5.82 Å². The Morgan fingerprint density at radius 2 is 2.04 bits per heavy atom. The van der Waals surface area contributed by atoms with E-state index in [0.29, 0.717) is 38.6 Å². The molecule has 28 heavy (non-hydrogen) atoms. The minimum Gasteiger partial charge on any atom is -0.312 e. The second-order valence-corrected chi connectivity index (χ2v) is 9.14. The van der Waals surface area contributed by atoms with Crippen molar-refractivity contribution >= 4 is 23.0 Å². The molecule has 4 nitrogen and oxygen atoms in total. The van der Waals surface area contributed by atoms with Gasteiger partial charge in [-0.25, -0.2) is 4.39 Å². The Labute approximate surface area is 169 Å². The second kappa shape index (κ2) is 6.69. The number of rotatable bonds is 4. The SMILES string of the molecule is C=C(CN1C(=C)CC2(CCC(C)(F)CC2)C1=O)c1ccn(-c2ccsn2)c1C. The summed E-state index contributed by atoms with van der Waals surface area (Å²) in [5, 5.41) is 1.95. The van der Waals surface area contributed by atoms with Gasteiger partial charge in [0, 0.05) is 29.4 Å². The molecule has 3 heterocycles. The Hall–Kier alpha value is -2.21. The molecule has 0 bridgehead atoms. The van der Waals surface area contributed by atoms with Crippen molar-refractivity contribution in [1.82, 2.24) is 13.8 Å². The van der Waals surface area contributed by atoms with Crippen molar-refractivity contribution in [2.75, 3.05) is 6.54 Å². The summed E-state index contributed by atoms with van der Waals surface area (Å²) in [4.78, 5) is 15.0. The van der Waals surface area contributed by atoms with Gasteiger partial charge < -0.3 is 9.47 Å². The van der Waals surface area contributed by atoms with Crippen LogP contribution in [0.1, 0.15) is 50.3 Å². The van der Waals surface area contributed by atoms with E-state index in [0.717, 1.165) is 28.3 Å². The molecule has 148 valence electrons. The summed E-state index contributed by atoms with van der Waals surface area (Å²) >= 11 is 1.42. The number of hydrogen-bond donors (Lipinski definition) is 0. The van der Waals surface area contributed by atoms with Gasteiger partial charge in [-0.3, -0.25) is 4.79 Å². The van der Waals surface area contributed by atoms with Crippen molar-refractivity contribution < 1.29 is 9.18 Å². The van der Waals surface area contributed by atoms with E-state index in [-0.39, 0.29) is 5.91 Å². The number of amides is 1. The lowest BCUT2D eigenvalue weighted by Crippen LogP contribution is -2.40. The number of nitrogens with zero attached hydrogens (tertiary/aromatic N) is 3. The minimum atomic E-state index is -1.15. The van der Waals surface area contributed by atoms with Gasteiger partial charge in [0.05, 0.1) is 12.0 Å². The molecule has 0 radical (unpaired) electrons. The molecule has 4 rings (SSSR count). The fourth-order valence-electron chi connectivity index (χ4n) is 4.56. The standard InChI is InChI=1S/C22H26FN3OS/c1-15(18-5-11-25(17(18)3)19-6-12-28-24-19)14-26-16(2)13-22(20(26)27)9-7-21(4,23)8-10-22/h5-6,11-12H,1-2,7-10,13-14H2,3-4H3. The number of carbonyl (C=O) groups is 1. The first kappa shape index (κ1) is 19.1. The molecule has 0 atom stereocenters. The molecule has 0 N–H and O–H groups in total. The number of allylic oxidation sites excluding steroid dienone is 1. The summed E-state index contributed by atoms with van der Waals surface area (Å²) < 4.78 is 20.7. The normalized spacial score (nSPS) is 27.8. The average molecular weight is 400 g/mol. The largest absolute Gasteiger partial charge is 0.312 e. The Morgan fingerprint density at radius 1 is 1.32 bits per heavy atom. The Morgan fingerprint density at radius 3 is 2.68 bits per heavy atom. The third kappa shape index (κ3) is 3.13. The van der Waals surface area contributed by atoms with E-state index in [9.17, 15) is 9.18 Å². The molecule has 1 spiro atoms. The second-order valence-electron chi connectivity index (χ2n) is 8.47. The van der Waals surface area contributed by atoms with E-state index in [2.05, 4.69) is 17.5 Å². The highest BCUT2D eigenvalue weighted by atomic mass is 32.1. The summed E-state index contributed by atoms with van der Waals surface area (Å²) in [7, 11) is 0. The molecule has 2 aliphatic rings. The van der Waals surface area contributed by atoms with Crippen molar-refractivity contribution in [2.45, 2.75) is 51.6 Å². The third-order valence-corrected chi connectivity index (χ3v) is 6.97. The fourth-order valence-corrected chi connectivity index (χ4v) is 5.06. The van der Waals surface area contributed by atoms with Crippen molar-refractivity contribution in [1.29, 1.82) is 0 Å². The maximum Gasteiger partial charge on any atom is 0.233 e. The highest BCUT2D eigenvalue weighted by molar-refractivity contribution is 7.03. The van der Waals surface area contributed by atoms with Gasteiger partial charge in [-0.15, -0.1) is 0 Å². The monoisotopic (exact) mass is 399 g/mol. The maximum atomic E-state index is 14.3. The number of alkyl halides is 1. The van der Waals surface area contributed by atoms with Gasteiger partial charge in [0.1, 0.15) is 11.5 Å². The van der Waals surface area contributed by atoms with Gasteiger partial charge in [-0.05, 0) is 74.3 Å². The van der Waals surface area contributed by atoms with E-state index >= 15 is 0 Å². The first-order chi connectivity index (χ1) is 13.2. The van der Waals surface area contributed by atoms with E-state index in [1.165, 1.54) is 11.5 Å². The molecule has 2 aromatic heterocycles. The Bertz CT molecular complexity index is 931. The summed E-state index contributed by atoms with van der Waals surface area (Å²) in [5.74, 6) is 0.976. The van der Waals surface area contributed by atoms with Crippen LogP contribution in [-0.4, -0.2) is 32.0 Å². The van der Waals surface area contributed by atoms with Crippen LogP contribution in [0.25, 0.3) is 11.4 Å². The number of aromatic nitrogens is 2. The molecule has 0 aromatic carbocycles. The summed E-state index contributed by atoms with van der Waals surface area (Å²) in [6, 6.07) is 3.99. The molecule has 1 saturated carbocycles. The molecular weight excluding hydrogens is 373 g/mol. The zero-order valence-corrected chi connectivity index (χ0v) is 17.3. The Balaban J connectivity index is 1.51. The van der Waals surface area contributed by atoms with Gasteiger partial charge in [-0.1, -0.05) is 13.2 Å². The molecule has 6 heteroatoms. The van der Waals surface area contributed by atoms with Gasteiger partial charge in [0.25, 0.3) is 0 Å². The van der Waals surface area contributed by atoms with E-state index in [4.69, 9.17) is 0 Å². The molecule has 1 aliphatic carbocycles. The molecule has 1 saturated heterocycles. The topological polar surface area (TPSA) is 38.1 Å². The van der Waals surface area contributed by atoms with Gasteiger partial charge >= 0.3 is 0 Å². The summed E-state index contributed by atoms with van der Waals surface area (Å²) in [6.07, 6.45) is 4.69. The van der Waals surface area contributed by atoms with Crippen LogP contribution in [0, 0.1) is 12.3 Å². The van der Waals surface area contributed by atoms with Crippen molar-refractivity contribution in [2.24, 2.45) is 5.41 Å². The van der Waals surface area contributed by atoms with Gasteiger partial charge in [0.15, 0.2) is 0 Å². The molecule has 2 fully saturated rings. The highest BCUT2D eigenvalue weighted by Gasteiger charge is 2.52. The zero-order valence-electron chi connectivity index (χ0n) is 16.5. The van der Waals surface area contributed by atoms with Gasteiger partial charge in [-0.2, -0.15) is 4.37 Å². The first-order valence-electron chi connectivity index (χ1n) is 9.68. The molecule has 1 aliphatic heterocycles. The quantitative estimate of drug-likeness (QED) is 0.701. The number of halogens is 1. The predicted molar refractivity (Wildman–Crippen MR) is 111 cm³/mol. The van der Waals surface area contributed by atoms with Gasteiger partial charge in [0.2, 0.25) is 5.91 Å². The van der Waals surface area contributed by atoms with Crippen LogP contribution in [-0.2, 0) is 4.79 Å². The van der Waals surface area contributed by atoms with Crippen molar-refractivity contribution in [3.63, 3.8) is 0 Å². The van der Waals surface area contributed by atoms with Crippen LogP contribution in [0.15, 0.2) is 42.6 Å². The fraction of sp³-hybridized carbons (Fsp3) is 0.455. The number of likely N-dealkylation sites (tertiary alicyclic amines) is 1. The zero-order chi connectivity index (χ0) is 20.1. The lowest BCUT2D eigenvalue weighted by Gasteiger charge is -2.37. The third-order valence-electron chi connectivity index (χ3n) is 6.41. The first-order valence-corrected chi connectivity index (χ1v) is 10.5. The molecular formula is C22H26FN3OS. The number of hydrogen-bond acceptors (Lipinski definition) is 3. The van der Waals surface area contributed by atoms with Crippen LogP contribution in [0.3, 0.4) is 0 Å². The smallest absolute Gasteiger partial charge is 0.233 e. The molecule has 2 aromatic rings. The highest BCUT2D eigenvalue weighted by Crippen LogP contribution is 2.51. The summed E-state index contributed by atoms with van der Waals surface area (Å²) in [5.41, 5.74) is 2.15. The Kier molecular flexibility index (Phi) is 4.57. The average Bonchev–Trinajstić information content (AvgIpc) is 3.34. The van der Waals surface area contributed by atoms with Crippen LogP contribution in [0.4, 0.5) is 4.39 Å². The molecule has 1 amide bonds. The van der Waals surface area contributed by atoms with Crippen LogP contribution in [0.5, 0.6) is 0 Å². The lowest BCUT2D eigenvalue weighted by atomic mass is 9.68. The number of carbonyl (C=O) groups excluding carboxylic acids is 1. The van der Waals surface area contributed by atoms with Crippen LogP contribution >= 0.6 is 11.5 Å². The van der Waals surface area contributed by atoms with E-state index < -0.39 is 11.1 Å². The summed E-state index contributed by atoms with van der Waals surface area (Å²) in [6.45, 7) is 12.5. The lowest BCUT2D eigenvalue weighted by molar-refractivity contribution is -0.138.